The minimum Gasteiger partial charge on any atom is -0.378 e. The van der Waals surface area contributed by atoms with Gasteiger partial charge in [-0.2, -0.15) is 0 Å². The summed E-state index contributed by atoms with van der Waals surface area (Å²) >= 11 is 0. The Bertz CT molecular complexity index is 1230. The smallest absolute Gasteiger partial charge is 0.259 e. The van der Waals surface area contributed by atoms with E-state index in [-0.39, 0.29) is 5.56 Å². The van der Waals surface area contributed by atoms with Gasteiger partial charge >= 0.3 is 0 Å². The molecule has 6 nitrogen and oxygen atoms in total. The summed E-state index contributed by atoms with van der Waals surface area (Å²) in [5.41, 5.74) is 3.68. The average Bonchev–Trinajstić information content (AvgIpc) is 2.80. The van der Waals surface area contributed by atoms with Crippen LogP contribution in [0.5, 0.6) is 0 Å². The quantitative estimate of drug-likeness (QED) is 0.540. The molecule has 0 aliphatic carbocycles. The Morgan fingerprint density at radius 3 is 2.63 bits per heavy atom. The highest BCUT2D eigenvalue weighted by molar-refractivity contribution is 5.95. The Morgan fingerprint density at radius 1 is 0.967 bits per heavy atom. The van der Waals surface area contributed by atoms with E-state index in [1.165, 1.54) is 0 Å². The van der Waals surface area contributed by atoms with E-state index in [1.54, 1.807) is 6.20 Å². The Kier molecular flexibility index (Phi) is 4.91. The molecule has 30 heavy (non-hydrogen) atoms. The lowest BCUT2D eigenvalue weighted by Gasteiger charge is -2.29. The third-order valence-electron chi connectivity index (χ3n) is 5.31. The third kappa shape index (κ3) is 3.65. The second-order valence-electron chi connectivity index (χ2n) is 7.27. The maximum atomic E-state index is 12.6. The first kappa shape index (κ1) is 18.4. The van der Waals surface area contributed by atoms with Gasteiger partial charge < -0.3 is 19.9 Å². The van der Waals surface area contributed by atoms with Crippen molar-refractivity contribution in [2.75, 3.05) is 36.5 Å². The van der Waals surface area contributed by atoms with Gasteiger partial charge in [0, 0.05) is 36.2 Å². The first-order valence-corrected chi connectivity index (χ1v) is 10.1. The number of aromatic nitrogens is 2. The average molecular weight is 398 g/mol. The van der Waals surface area contributed by atoms with E-state index in [1.807, 2.05) is 54.6 Å². The van der Waals surface area contributed by atoms with Crippen LogP contribution >= 0.6 is 0 Å². The summed E-state index contributed by atoms with van der Waals surface area (Å²) in [6.07, 6.45) is 1.67. The number of fused-ring (bicyclic) bond motifs is 1. The minimum absolute atomic E-state index is 0.161. The number of nitrogens with zero attached hydrogens (tertiary/aromatic N) is 2. The molecule has 1 aliphatic rings. The molecule has 4 aromatic rings. The molecule has 5 rings (SSSR count). The summed E-state index contributed by atoms with van der Waals surface area (Å²) in [5, 5.41) is 4.79. The summed E-state index contributed by atoms with van der Waals surface area (Å²) in [6.45, 7) is 3.21. The molecule has 2 N–H and O–H groups in total. The van der Waals surface area contributed by atoms with Crippen LogP contribution in [0.2, 0.25) is 0 Å². The van der Waals surface area contributed by atoms with Crippen molar-refractivity contribution in [2.24, 2.45) is 0 Å². The summed E-state index contributed by atoms with van der Waals surface area (Å²) in [5.74, 6) is 0.548. The van der Waals surface area contributed by atoms with Crippen LogP contribution in [0.25, 0.3) is 22.0 Å². The lowest BCUT2D eigenvalue weighted by atomic mass is 10.1. The molecule has 0 spiro atoms. The number of hydrogen-bond donors (Lipinski definition) is 2. The van der Waals surface area contributed by atoms with E-state index in [0.717, 1.165) is 54.3 Å². The van der Waals surface area contributed by atoms with Crippen LogP contribution in [0, 0.1) is 0 Å². The molecule has 0 radical (unpaired) electrons. The van der Waals surface area contributed by atoms with Crippen LogP contribution in [-0.4, -0.2) is 36.3 Å². The zero-order valence-electron chi connectivity index (χ0n) is 16.5. The molecule has 1 fully saturated rings. The van der Waals surface area contributed by atoms with E-state index in [4.69, 9.17) is 9.72 Å². The van der Waals surface area contributed by atoms with Gasteiger partial charge in [0.1, 0.15) is 5.82 Å². The van der Waals surface area contributed by atoms with Gasteiger partial charge in [0.15, 0.2) is 0 Å². The molecular formula is C24H22N4O2. The van der Waals surface area contributed by atoms with Gasteiger partial charge in [0.25, 0.3) is 5.56 Å². The van der Waals surface area contributed by atoms with Crippen LogP contribution in [0.4, 0.5) is 17.2 Å². The van der Waals surface area contributed by atoms with Crippen molar-refractivity contribution < 1.29 is 4.74 Å². The van der Waals surface area contributed by atoms with Crippen LogP contribution in [0.1, 0.15) is 0 Å². The predicted molar refractivity (Wildman–Crippen MR) is 121 cm³/mol. The van der Waals surface area contributed by atoms with Crippen molar-refractivity contribution in [3.05, 3.63) is 83.3 Å². The van der Waals surface area contributed by atoms with Crippen LogP contribution < -0.4 is 15.8 Å². The molecule has 0 unspecified atom stereocenters. The van der Waals surface area contributed by atoms with Crippen molar-refractivity contribution in [2.45, 2.75) is 0 Å². The van der Waals surface area contributed by atoms with E-state index >= 15 is 0 Å². The first-order chi connectivity index (χ1) is 14.8. The number of hydrogen-bond acceptors (Lipinski definition) is 5. The van der Waals surface area contributed by atoms with E-state index in [2.05, 4.69) is 27.3 Å². The standard InChI is InChI=1S/C24H22N4O2/c29-24-22-18(9-10-25-24)15-21(17-5-2-1-3-6-17)27-23(22)26-19-7-4-8-20(16-19)28-11-13-30-14-12-28/h1-10,15-16H,11-14H2,(H,25,29)(H,26,27). The molecule has 150 valence electrons. The van der Waals surface area contributed by atoms with Crippen LogP contribution in [-0.2, 0) is 4.74 Å². The van der Waals surface area contributed by atoms with Crippen molar-refractivity contribution in [1.29, 1.82) is 0 Å². The lowest BCUT2D eigenvalue weighted by Crippen LogP contribution is -2.36. The number of anilines is 3. The molecule has 0 bridgehead atoms. The summed E-state index contributed by atoms with van der Waals surface area (Å²) < 4.78 is 5.46. The van der Waals surface area contributed by atoms with Crippen molar-refractivity contribution in [1.82, 2.24) is 9.97 Å². The molecular weight excluding hydrogens is 376 g/mol. The van der Waals surface area contributed by atoms with Gasteiger partial charge in [-0.3, -0.25) is 4.79 Å². The first-order valence-electron chi connectivity index (χ1n) is 10.1. The second kappa shape index (κ2) is 8.00. The molecule has 1 aliphatic heterocycles. The Balaban J connectivity index is 1.57. The normalized spacial score (nSPS) is 14.1. The highest BCUT2D eigenvalue weighted by Crippen LogP contribution is 2.29. The Hall–Kier alpha value is -3.64. The maximum Gasteiger partial charge on any atom is 0.259 e. The molecule has 0 atom stereocenters. The topological polar surface area (TPSA) is 70.2 Å². The summed E-state index contributed by atoms with van der Waals surface area (Å²) in [7, 11) is 0. The highest BCUT2D eigenvalue weighted by Gasteiger charge is 2.14. The van der Waals surface area contributed by atoms with Crippen molar-refractivity contribution in [3.63, 3.8) is 0 Å². The highest BCUT2D eigenvalue weighted by atomic mass is 16.5. The summed E-state index contributed by atoms with van der Waals surface area (Å²) in [6, 6.07) is 22.0. The SMILES string of the molecule is O=c1[nH]ccc2cc(-c3ccccc3)nc(Nc3cccc(N4CCOCC4)c3)c12. The predicted octanol–water partition coefficient (Wildman–Crippen LogP) is 4.17. The van der Waals surface area contributed by atoms with E-state index in [9.17, 15) is 4.79 Å². The molecule has 0 saturated carbocycles. The van der Waals surface area contributed by atoms with Crippen molar-refractivity contribution in [3.8, 4) is 11.3 Å². The molecule has 2 aromatic heterocycles. The number of pyridine rings is 2. The number of benzene rings is 2. The van der Waals surface area contributed by atoms with Crippen LogP contribution in [0.3, 0.4) is 0 Å². The Labute approximate surface area is 174 Å². The number of nitrogens with one attached hydrogen (secondary N) is 2. The molecule has 1 saturated heterocycles. The second-order valence-corrected chi connectivity index (χ2v) is 7.27. The van der Waals surface area contributed by atoms with Gasteiger partial charge in [-0.25, -0.2) is 4.98 Å². The fraction of sp³-hybridized carbons (Fsp3) is 0.167. The zero-order chi connectivity index (χ0) is 20.3. The molecule has 2 aromatic carbocycles. The molecule has 0 amide bonds. The largest absolute Gasteiger partial charge is 0.378 e. The fourth-order valence-electron chi connectivity index (χ4n) is 3.80. The number of H-pyrrole nitrogens is 1. The van der Waals surface area contributed by atoms with Gasteiger partial charge in [-0.1, -0.05) is 36.4 Å². The van der Waals surface area contributed by atoms with Gasteiger partial charge in [0.05, 0.1) is 24.3 Å². The summed E-state index contributed by atoms with van der Waals surface area (Å²) in [4.78, 5) is 22.5. The van der Waals surface area contributed by atoms with E-state index in [0.29, 0.717) is 11.2 Å². The molecule has 3 heterocycles. The fourth-order valence-corrected chi connectivity index (χ4v) is 3.80. The third-order valence-corrected chi connectivity index (χ3v) is 5.31. The minimum atomic E-state index is -0.161. The number of rotatable bonds is 4. The van der Waals surface area contributed by atoms with Crippen molar-refractivity contribution >= 4 is 28.0 Å². The number of morpholine rings is 1. The number of aromatic amines is 1. The molecule has 6 heteroatoms. The lowest BCUT2D eigenvalue weighted by molar-refractivity contribution is 0.122. The Morgan fingerprint density at radius 2 is 1.80 bits per heavy atom. The zero-order valence-corrected chi connectivity index (χ0v) is 16.5. The van der Waals surface area contributed by atoms with Gasteiger partial charge in [-0.15, -0.1) is 0 Å². The van der Waals surface area contributed by atoms with Gasteiger partial charge in [0.2, 0.25) is 0 Å². The van der Waals surface area contributed by atoms with Gasteiger partial charge in [-0.05, 0) is 35.7 Å². The van der Waals surface area contributed by atoms with E-state index < -0.39 is 0 Å². The van der Waals surface area contributed by atoms with Crippen LogP contribution in [0.15, 0.2) is 77.7 Å². The number of ether oxygens (including phenoxy) is 1. The maximum absolute atomic E-state index is 12.6. The monoisotopic (exact) mass is 398 g/mol.